The fraction of sp³-hybridized carbons (Fsp3) is 0.667. The minimum atomic E-state index is 0.297. The minimum Gasteiger partial charge on any atom is -0.357 e. The lowest BCUT2D eigenvalue weighted by atomic mass is 10.1. The lowest BCUT2D eigenvalue weighted by molar-refractivity contribution is -0.137. The largest absolute Gasteiger partial charge is 0.357 e. The number of carbonyl (C=O) groups is 1. The van der Waals surface area contributed by atoms with Crippen molar-refractivity contribution in [3.05, 3.63) is 30.1 Å². The first-order chi connectivity index (χ1) is 13.8. The van der Waals surface area contributed by atoms with Gasteiger partial charge in [-0.05, 0) is 31.9 Å². The van der Waals surface area contributed by atoms with E-state index in [1.54, 1.807) is 6.20 Å². The van der Waals surface area contributed by atoms with Crippen LogP contribution in [-0.2, 0) is 11.3 Å². The van der Waals surface area contributed by atoms with Gasteiger partial charge in [-0.2, -0.15) is 0 Å². The topological polar surface area (TPSA) is 72.9 Å². The molecule has 2 N–H and O–H groups in total. The maximum absolute atomic E-state index is 12.5. The van der Waals surface area contributed by atoms with E-state index < -0.39 is 0 Å². The first-order valence-corrected chi connectivity index (χ1v) is 10.7. The molecule has 0 atom stereocenters. The number of aromatic nitrogens is 1. The molecule has 0 unspecified atom stereocenters. The minimum absolute atomic E-state index is 0.297. The SMILES string of the molecule is CCNC(=NCc1ccccn1)NCCN1CCN(C(=O)C2CCCC2)CC1. The van der Waals surface area contributed by atoms with Crippen molar-refractivity contribution in [2.75, 3.05) is 45.8 Å². The zero-order valence-corrected chi connectivity index (χ0v) is 17.1. The van der Waals surface area contributed by atoms with E-state index in [4.69, 9.17) is 0 Å². The average Bonchev–Trinajstić information content (AvgIpc) is 3.28. The second-order valence-electron chi connectivity index (χ2n) is 7.59. The maximum atomic E-state index is 12.5. The molecule has 0 bridgehead atoms. The third kappa shape index (κ3) is 6.19. The highest BCUT2D eigenvalue weighted by Gasteiger charge is 2.29. The molecule has 28 heavy (non-hydrogen) atoms. The molecular formula is C21H34N6O. The number of pyridine rings is 1. The molecule has 3 rings (SSSR count). The van der Waals surface area contributed by atoms with Gasteiger partial charge in [0, 0.05) is 57.9 Å². The fourth-order valence-corrected chi connectivity index (χ4v) is 3.95. The zero-order valence-electron chi connectivity index (χ0n) is 17.1. The molecule has 1 amide bonds. The predicted molar refractivity (Wildman–Crippen MR) is 112 cm³/mol. The van der Waals surface area contributed by atoms with Crippen LogP contribution < -0.4 is 10.6 Å². The van der Waals surface area contributed by atoms with Gasteiger partial charge >= 0.3 is 0 Å². The van der Waals surface area contributed by atoms with Gasteiger partial charge in [-0.25, -0.2) is 4.99 Å². The van der Waals surface area contributed by atoms with Crippen LogP contribution >= 0.6 is 0 Å². The fourth-order valence-electron chi connectivity index (χ4n) is 3.95. The van der Waals surface area contributed by atoms with E-state index in [9.17, 15) is 4.79 Å². The van der Waals surface area contributed by atoms with Crippen LogP contribution in [0, 0.1) is 5.92 Å². The summed E-state index contributed by atoms with van der Waals surface area (Å²) in [5.74, 6) is 1.51. The average molecular weight is 387 g/mol. The summed E-state index contributed by atoms with van der Waals surface area (Å²) in [6.07, 6.45) is 6.42. The molecule has 1 saturated heterocycles. The molecule has 7 heteroatoms. The Labute approximate surface area is 168 Å². The summed E-state index contributed by atoms with van der Waals surface area (Å²) in [7, 11) is 0. The molecule has 0 radical (unpaired) electrons. The number of hydrogen-bond acceptors (Lipinski definition) is 4. The van der Waals surface area contributed by atoms with E-state index in [-0.39, 0.29) is 0 Å². The number of piperazine rings is 1. The van der Waals surface area contributed by atoms with E-state index in [0.29, 0.717) is 18.4 Å². The summed E-state index contributed by atoms with van der Waals surface area (Å²) < 4.78 is 0. The standard InChI is InChI=1S/C21H34N6O/c1-2-22-21(25-17-19-9-5-6-10-23-19)24-11-12-26-13-15-27(16-14-26)20(28)18-7-3-4-8-18/h5-6,9-10,18H,2-4,7-8,11-17H2,1H3,(H2,22,24,25). The Bertz CT molecular complexity index is 621. The third-order valence-electron chi connectivity index (χ3n) is 5.58. The molecule has 1 saturated carbocycles. The van der Waals surface area contributed by atoms with Crippen molar-refractivity contribution in [2.24, 2.45) is 10.9 Å². The highest BCUT2D eigenvalue weighted by atomic mass is 16.2. The van der Waals surface area contributed by atoms with Gasteiger partial charge < -0.3 is 15.5 Å². The number of hydrogen-bond donors (Lipinski definition) is 2. The Morgan fingerprint density at radius 1 is 1.18 bits per heavy atom. The van der Waals surface area contributed by atoms with Gasteiger partial charge in [0.05, 0.1) is 12.2 Å². The Kier molecular flexibility index (Phi) is 8.08. The number of guanidine groups is 1. The second-order valence-corrected chi connectivity index (χ2v) is 7.59. The van der Waals surface area contributed by atoms with Gasteiger partial charge in [0.25, 0.3) is 0 Å². The van der Waals surface area contributed by atoms with Gasteiger partial charge in [0.15, 0.2) is 5.96 Å². The summed E-state index contributed by atoms with van der Waals surface area (Å²) in [5.41, 5.74) is 0.961. The summed E-state index contributed by atoms with van der Waals surface area (Å²) >= 11 is 0. The molecule has 1 aliphatic carbocycles. The van der Waals surface area contributed by atoms with Gasteiger partial charge in [-0.15, -0.1) is 0 Å². The lowest BCUT2D eigenvalue weighted by Crippen LogP contribution is -2.51. The summed E-state index contributed by atoms with van der Waals surface area (Å²) in [4.78, 5) is 26.0. The predicted octanol–water partition coefficient (Wildman–Crippen LogP) is 1.47. The van der Waals surface area contributed by atoms with Crippen LogP contribution in [0.1, 0.15) is 38.3 Å². The van der Waals surface area contributed by atoms with E-state index in [2.05, 4.69) is 37.3 Å². The van der Waals surface area contributed by atoms with Crippen molar-refractivity contribution >= 4 is 11.9 Å². The normalized spacial score (nSPS) is 19.0. The number of aliphatic imine (C=N–C) groups is 1. The Morgan fingerprint density at radius 3 is 2.64 bits per heavy atom. The molecule has 2 aliphatic rings. The molecule has 154 valence electrons. The number of amides is 1. The van der Waals surface area contributed by atoms with Gasteiger partial charge in [0.1, 0.15) is 0 Å². The van der Waals surface area contributed by atoms with E-state index >= 15 is 0 Å². The molecule has 1 aliphatic heterocycles. The van der Waals surface area contributed by atoms with Gasteiger partial charge in [-0.1, -0.05) is 18.9 Å². The molecule has 2 heterocycles. The molecular weight excluding hydrogens is 352 g/mol. The van der Waals surface area contributed by atoms with Crippen molar-refractivity contribution < 1.29 is 4.79 Å². The van der Waals surface area contributed by atoms with Crippen molar-refractivity contribution in [1.29, 1.82) is 0 Å². The Morgan fingerprint density at radius 2 is 1.96 bits per heavy atom. The van der Waals surface area contributed by atoms with E-state index in [1.165, 1.54) is 12.8 Å². The number of nitrogens with one attached hydrogen (secondary N) is 2. The Balaban J connectivity index is 1.37. The third-order valence-corrected chi connectivity index (χ3v) is 5.58. The molecule has 1 aromatic heterocycles. The van der Waals surface area contributed by atoms with Crippen molar-refractivity contribution in [2.45, 2.75) is 39.2 Å². The van der Waals surface area contributed by atoms with Crippen LogP contribution in [0.25, 0.3) is 0 Å². The molecule has 0 aromatic carbocycles. The highest BCUT2D eigenvalue weighted by molar-refractivity contribution is 5.80. The van der Waals surface area contributed by atoms with Crippen LogP contribution in [0.5, 0.6) is 0 Å². The summed E-state index contributed by atoms with van der Waals surface area (Å²) in [6, 6.07) is 5.88. The van der Waals surface area contributed by atoms with Crippen LogP contribution in [0.3, 0.4) is 0 Å². The summed E-state index contributed by atoms with van der Waals surface area (Å²) in [5, 5.41) is 6.69. The van der Waals surface area contributed by atoms with Crippen molar-refractivity contribution in [1.82, 2.24) is 25.4 Å². The summed E-state index contributed by atoms with van der Waals surface area (Å²) in [6.45, 7) is 8.91. The highest BCUT2D eigenvalue weighted by Crippen LogP contribution is 2.26. The smallest absolute Gasteiger partial charge is 0.225 e. The monoisotopic (exact) mass is 386 g/mol. The molecule has 0 spiro atoms. The molecule has 2 fully saturated rings. The van der Waals surface area contributed by atoms with Crippen LogP contribution in [0.4, 0.5) is 0 Å². The van der Waals surface area contributed by atoms with Crippen LogP contribution in [0.15, 0.2) is 29.4 Å². The van der Waals surface area contributed by atoms with Gasteiger partial charge in [-0.3, -0.25) is 14.7 Å². The lowest BCUT2D eigenvalue weighted by Gasteiger charge is -2.36. The number of carbonyl (C=O) groups excluding carboxylic acids is 1. The van der Waals surface area contributed by atoms with E-state index in [0.717, 1.165) is 70.3 Å². The van der Waals surface area contributed by atoms with Gasteiger partial charge in [0.2, 0.25) is 5.91 Å². The van der Waals surface area contributed by atoms with Crippen molar-refractivity contribution in [3.8, 4) is 0 Å². The molecule has 7 nitrogen and oxygen atoms in total. The first-order valence-electron chi connectivity index (χ1n) is 10.7. The van der Waals surface area contributed by atoms with Crippen LogP contribution in [-0.4, -0.2) is 72.5 Å². The molecule has 1 aromatic rings. The Hall–Kier alpha value is -2.15. The number of nitrogens with zero attached hydrogens (tertiary/aromatic N) is 4. The van der Waals surface area contributed by atoms with E-state index in [1.807, 2.05) is 18.2 Å². The first kappa shape index (κ1) is 20.6. The van der Waals surface area contributed by atoms with Crippen molar-refractivity contribution in [3.63, 3.8) is 0 Å². The zero-order chi connectivity index (χ0) is 19.6. The quantitative estimate of drug-likeness (QED) is 0.548. The number of rotatable bonds is 7. The van der Waals surface area contributed by atoms with Crippen LogP contribution in [0.2, 0.25) is 0 Å². The maximum Gasteiger partial charge on any atom is 0.225 e. The second kappa shape index (κ2) is 11.0.